The molecule has 1 radical (unpaired) electrons. The number of carbonyl (C=O) groups excluding carboxylic acids is 2. The third-order valence-corrected chi connectivity index (χ3v) is 8.01. The van der Waals surface area contributed by atoms with Crippen molar-refractivity contribution in [1.82, 2.24) is 5.32 Å². The van der Waals surface area contributed by atoms with Crippen LogP contribution in [-0.2, 0) is 25.8 Å². The van der Waals surface area contributed by atoms with Crippen LogP contribution in [0.2, 0.25) is 0 Å². The van der Waals surface area contributed by atoms with Crippen LogP contribution in [0, 0.1) is 6.42 Å². The summed E-state index contributed by atoms with van der Waals surface area (Å²) in [5, 5.41) is 2.83. The smallest absolute Gasteiger partial charge is 0.258 e. The largest absolute Gasteiger partial charge is 0.349 e. The molecule has 36 heavy (non-hydrogen) atoms. The summed E-state index contributed by atoms with van der Waals surface area (Å²) in [6.45, 7) is 1.57. The fourth-order valence-electron chi connectivity index (χ4n) is 4.21. The SMILES string of the molecule is CCS(=O)(=O)c1ccc(CC(=O)NC2[CH]C=C(C(=O)N(c3ccccc3)C3CC(F)(F)C3)C=C2)cc1.[HH]. The van der Waals surface area contributed by atoms with Crippen molar-refractivity contribution in [3.8, 4) is 0 Å². The standard InChI is InChI=1S/C27H27F2N2O4S.H2/c1-2-36(34,35)24-14-8-19(9-15-24)16-25(32)30-21-12-10-20(11-13-21)26(33)31(22-6-4-3-5-7-22)23-17-27(28,29)18-23;/h3-15,21,23H,2,16-18H2,1H3,(H,30,32);1H. The molecule has 2 aromatic carbocycles. The topological polar surface area (TPSA) is 83.5 Å². The van der Waals surface area contributed by atoms with Crippen LogP contribution >= 0.6 is 0 Å². The van der Waals surface area contributed by atoms with Gasteiger partial charge in [0.2, 0.25) is 5.91 Å². The van der Waals surface area contributed by atoms with Gasteiger partial charge in [0.05, 0.1) is 23.1 Å². The Morgan fingerprint density at radius 2 is 1.75 bits per heavy atom. The second-order valence-electron chi connectivity index (χ2n) is 8.92. The molecule has 0 bridgehead atoms. The average Bonchev–Trinajstić information content (AvgIpc) is 2.84. The maximum Gasteiger partial charge on any atom is 0.258 e. The molecule has 0 saturated heterocycles. The van der Waals surface area contributed by atoms with E-state index in [0.29, 0.717) is 16.8 Å². The number of carbonyl (C=O) groups is 2. The molecule has 2 amide bonds. The van der Waals surface area contributed by atoms with Gasteiger partial charge >= 0.3 is 0 Å². The van der Waals surface area contributed by atoms with E-state index in [-0.39, 0.29) is 43.2 Å². The molecule has 9 heteroatoms. The lowest BCUT2D eigenvalue weighted by Gasteiger charge is -2.42. The highest BCUT2D eigenvalue weighted by atomic mass is 32.2. The average molecular weight is 516 g/mol. The number of sulfone groups is 1. The van der Waals surface area contributed by atoms with Crippen LogP contribution in [0.25, 0.3) is 0 Å². The van der Waals surface area contributed by atoms with Crippen molar-refractivity contribution in [2.24, 2.45) is 0 Å². The molecule has 1 fully saturated rings. The van der Waals surface area contributed by atoms with Gasteiger partial charge in [-0.1, -0.05) is 55.5 Å². The second-order valence-corrected chi connectivity index (χ2v) is 11.2. The number of hydrogen-bond acceptors (Lipinski definition) is 4. The number of rotatable bonds is 8. The number of nitrogens with one attached hydrogen (secondary N) is 1. The van der Waals surface area contributed by atoms with E-state index >= 15 is 0 Å². The molecule has 6 nitrogen and oxygen atoms in total. The first-order valence-electron chi connectivity index (χ1n) is 11.7. The first kappa shape index (κ1) is 25.8. The zero-order valence-corrected chi connectivity index (χ0v) is 20.5. The summed E-state index contributed by atoms with van der Waals surface area (Å²) in [7, 11) is -3.30. The number of anilines is 1. The lowest BCUT2D eigenvalue weighted by molar-refractivity contribution is -0.121. The summed E-state index contributed by atoms with van der Waals surface area (Å²) in [6, 6.07) is 13.9. The summed E-state index contributed by atoms with van der Waals surface area (Å²) < 4.78 is 50.9. The van der Waals surface area contributed by atoms with Crippen molar-refractivity contribution in [3.05, 3.63) is 90.4 Å². The van der Waals surface area contributed by atoms with Crippen LogP contribution < -0.4 is 10.2 Å². The number of amides is 2. The van der Waals surface area contributed by atoms with Gasteiger partial charge in [-0.15, -0.1) is 0 Å². The minimum Gasteiger partial charge on any atom is -0.349 e. The number of hydrogen-bond donors (Lipinski definition) is 1. The fourth-order valence-corrected chi connectivity index (χ4v) is 5.09. The lowest BCUT2D eigenvalue weighted by Crippen LogP contribution is -2.53. The molecule has 4 rings (SSSR count). The van der Waals surface area contributed by atoms with Crippen molar-refractivity contribution < 1.29 is 28.2 Å². The Bertz CT molecular complexity index is 1290. The Hall–Kier alpha value is -3.33. The van der Waals surface area contributed by atoms with Gasteiger partial charge in [0.15, 0.2) is 9.84 Å². The van der Waals surface area contributed by atoms with Gasteiger partial charge in [-0.3, -0.25) is 9.59 Å². The van der Waals surface area contributed by atoms with E-state index in [4.69, 9.17) is 0 Å². The van der Waals surface area contributed by atoms with E-state index in [9.17, 15) is 26.8 Å². The maximum absolute atomic E-state index is 13.5. The normalized spacial score (nSPS) is 19.2. The van der Waals surface area contributed by atoms with E-state index in [2.05, 4.69) is 5.32 Å². The molecule has 1 atom stereocenters. The number of para-hydroxylation sites is 1. The number of alkyl halides is 2. The van der Waals surface area contributed by atoms with Gasteiger partial charge in [-0.05, 0) is 29.8 Å². The summed E-state index contributed by atoms with van der Waals surface area (Å²) in [5.74, 6) is -3.40. The molecular formula is C27H29F2N2O4S. The zero-order valence-electron chi connectivity index (χ0n) is 19.7. The second kappa shape index (κ2) is 10.3. The van der Waals surface area contributed by atoms with Gasteiger partial charge in [-0.25, -0.2) is 17.2 Å². The number of halogens is 2. The molecule has 0 aliphatic heterocycles. The van der Waals surface area contributed by atoms with Crippen LogP contribution in [0.4, 0.5) is 14.5 Å². The highest BCUT2D eigenvalue weighted by Gasteiger charge is 2.49. The minimum atomic E-state index is -3.30. The Morgan fingerprint density at radius 1 is 1.08 bits per heavy atom. The molecule has 0 aromatic heterocycles. The van der Waals surface area contributed by atoms with Crippen LogP contribution in [0.1, 0.15) is 26.8 Å². The first-order valence-corrected chi connectivity index (χ1v) is 13.3. The summed E-state index contributed by atoms with van der Waals surface area (Å²) in [5.41, 5.74) is 1.57. The third kappa shape index (κ3) is 5.90. The quantitative estimate of drug-likeness (QED) is 0.569. The molecular weight excluding hydrogens is 486 g/mol. The first-order chi connectivity index (χ1) is 17.1. The van der Waals surface area contributed by atoms with E-state index in [1.807, 2.05) is 0 Å². The van der Waals surface area contributed by atoms with Crippen LogP contribution in [-0.4, -0.2) is 44.0 Å². The molecule has 2 aliphatic rings. The Kier molecular flexibility index (Phi) is 7.40. The summed E-state index contributed by atoms with van der Waals surface area (Å²) >= 11 is 0. The molecule has 191 valence electrons. The molecule has 2 aromatic rings. The van der Waals surface area contributed by atoms with Crippen LogP contribution in [0.5, 0.6) is 0 Å². The van der Waals surface area contributed by atoms with Crippen molar-refractivity contribution in [2.75, 3.05) is 10.7 Å². The van der Waals surface area contributed by atoms with E-state index in [1.54, 1.807) is 74.0 Å². The van der Waals surface area contributed by atoms with Gasteiger partial charge in [0, 0.05) is 38.0 Å². The maximum atomic E-state index is 13.5. The van der Waals surface area contributed by atoms with Gasteiger partial charge in [0.25, 0.3) is 11.8 Å². The van der Waals surface area contributed by atoms with E-state index < -0.39 is 27.8 Å². The van der Waals surface area contributed by atoms with Gasteiger partial charge < -0.3 is 10.2 Å². The van der Waals surface area contributed by atoms with Crippen molar-refractivity contribution in [1.29, 1.82) is 0 Å². The number of benzene rings is 2. The third-order valence-electron chi connectivity index (χ3n) is 6.25. The van der Waals surface area contributed by atoms with Crippen LogP contribution in [0.3, 0.4) is 0 Å². The Morgan fingerprint density at radius 3 is 2.31 bits per heavy atom. The van der Waals surface area contributed by atoms with Crippen LogP contribution in [0.15, 0.2) is 83.3 Å². The van der Waals surface area contributed by atoms with Gasteiger partial charge in [-0.2, -0.15) is 0 Å². The van der Waals surface area contributed by atoms with Crippen molar-refractivity contribution >= 4 is 27.3 Å². The Balaban J connectivity index is 0.00000380. The highest BCUT2D eigenvalue weighted by molar-refractivity contribution is 7.91. The van der Waals surface area contributed by atoms with E-state index in [0.717, 1.165) is 0 Å². The Labute approximate surface area is 211 Å². The van der Waals surface area contributed by atoms with Gasteiger partial charge in [0.1, 0.15) is 0 Å². The monoisotopic (exact) mass is 515 g/mol. The molecule has 0 heterocycles. The predicted octanol–water partition coefficient (Wildman–Crippen LogP) is 4.28. The molecule has 1 saturated carbocycles. The van der Waals surface area contributed by atoms with E-state index in [1.165, 1.54) is 17.0 Å². The van der Waals surface area contributed by atoms with Crippen molar-refractivity contribution in [3.63, 3.8) is 0 Å². The molecule has 1 N–H and O–H groups in total. The molecule has 2 aliphatic carbocycles. The molecule has 0 spiro atoms. The lowest BCUT2D eigenvalue weighted by atomic mass is 9.85. The predicted molar refractivity (Wildman–Crippen MR) is 135 cm³/mol. The molecule has 1 unspecified atom stereocenters. The highest BCUT2D eigenvalue weighted by Crippen LogP contribution is 2.42. The number of nitrogens with zero attached hydrogens (tertiary/aromatic N) is 1. The summed E-state index contributed by atoms with van der Waals surface area (Å²) in [4.78, 5) is 27.4. The minimum absolute atomic E-state index is 0. The fraction of sp³-hybridized carbons (Fsp3) is 0.296. The summed E-state index contributed by atoms with van der Waals surface area (Å²) in [6.07, 6.45) is 5.82. The zero-order chi connectivity index (χ0) is 25.9. The van der Waals surface area contributed by atoms with Crippen molar-refractivity contribution in [2.45, 2.75) is 49.1 Å².